The second-order valence-corrected chi connectivity index (χ2v) is 4.78. The molecule has 1 aromatic carbocycles. The summed E-state index contributed by atoms with van der Waals surface area (Å²) in [6.07, 6.45) is 0. The molecule has 1 aliphatic heterocycles. The van der Waals surface area contributed by atoms with E-state index in [1.54, 1.807) is 12.1 Å². The molecule has 1 unspecified atom stereocenters. The van der Waals surface area contributed by atoms with E-state index >= 15 is 0 Å². The highest BCUT2D eigenvalue weighted by Crippen LogP contribution is 2.35. The summed E-state index contributed by atoms with van der Waals surface area (Å²) >= 11 is 0. The largest absolute Gasteiger partial charge is 0.478 e. The predicted molar refractivity (Wildman–Crippen MR) is 57.5 cm³/mol. The molecule has 2 rings (SSSR count). The minimum Gasteiger partial charge on any atom is -0.478 e. The van der Waals surface area contributed by atoms with Crippen molar-refractivity contribution >= 4 is 11.7 Å². The molecule has 0 saturated heterocycles. The van der Waals surface area contributed by atoms with Crippen molar-refractivity contribution in [3.63, 3.8) is 0 Å². The van der Waals surface area contributed by atoms with Crippen LogP contribution in [-0.2, 0) is 5.41 Å². The first-order valence-electron chi connectivity index (χ1n) is 5.15. The predicted octanol–water partition coefficient (Wildman–Crippen LogP) is 1.26. The first-order chi connectivity index (χ1) is 6.93. The third kappa shape index (κ3) is 1.43. The molecule has 3 nitrogen and oxygen atoms in total. The van der Waals surface area contributed by atoms with Gasteiger partial charge in [-0.15, -0.1) is 0 Å². The fourth-order valence-electron chi connectivity index (χ4n) is 2.12. The topological polar surface area (TPSA) is 53.9 Å². The van der Waals surface area contributed by atoms with Crippen molar-refractivity contribution in [2.24, 2.45) is 0 Å². The number of nitrogens with two attached hydrogens (primary N) is 1. The van der Waals surface area contributed by atoms with Crippen LogP contribution in [0, 0.1) is 0 Å². The van der Waals surface area contributed by atoms with Gasteiger partial charge in [0, 0.05) is 17.0 Å². The average Bonchev–Trinajstić information content (AvgIpc) is 2.38. The van der Waals surface area contributed by atoms with Crippen LogP contribution >= 0.6 is 0 Å². The van der Waals surface area contributed by atoms with Gasteiger partial charge in [0.25, 0.3) is 0 Å². The maximum Gasteiger partial charge on any atom is 0.335 e. The summed E-state index contributed by atoms with van der Waals surface area (Å²) in [4.78, 5) is 10.9. The summed E-state index contributed by atoms with van der Waals surface area (Å²) in [5.74, 6) is -0.854. The van der Waals surface area contributed by atoms with Gasteiger partial charge in [0.05, 0.1) is 11.6 Å². The molecule has 1 aliphatic rings. The zero-order valence-electron chi connectivity index (χ0n) is 9.24. The van der Waals surface area contributed by atoms with Crippen LogP contribution in [0.1, 0.15) is 36.7 Å². The van der Waals surface area contributed by atoms with Crippen LogP contribution in [0.25, 0.3) is 0 Å². The quantitative estimate of drug-likeness (QED) is 0.680. The van der Waals surface area contributed by atoms with Crippen molar-refractivity contribution in [2.75, 3.05) is 0 Å². The zero-order chi connectivity index (χ0) is 11.2. The van der Waals surface area contributed by atoms with Crippen LogP contribution in [0.5, 0.6) is 0 Å². The molecule has 1 atom stereocenters. The number of carboxylic acids is 1. The van der Waals surface area contributed by atoms with E-state index in [1.807, 2.05) is 6.07 Å². The Morgan fingerprint density at radius 3 is 2.73 bits per heavy atom. The minimum atomic E-state index is -0.854. The molecule has 0 aromatic heterocycles. The summed E-state index contributed by atoms with van der Waals surface area (Å²) < 4.78 is 0. The monoisotopic (exact) mass is 206 g/mol. The van der Waals surface area contributed by atoms with Gasteiger partial charge in [0.15, 0.2) is 0 Å². The molecule has 15 heavy (non-hydrogen) atoms. The number of fused-ring (bicyclic) bond motifs is 1. The van der Waals surface area contributed by atoms with Gasteiger partial charge >= 0.3 is 5.97 Å². The van der Waals surface area contributed by atoms with Crippen LogP contribution in [0.15, 0.2) is 18.2 Å². The summed E-state index contributed by atoms with van der Waals surface area (Å²) in [6, 6.07) is 5.84. The maximum atomic E-state index is 10.9. The molecule has 0 fully saturated rings. The fourth-order valence-corrected chi connectivity index (χ4v) is 2.12. The van der Waals surface area contributed by atoms with Gasteiger partial charge in [-0.25, -0.2) is 4.79 Å². The Labute approximate surface area is 89.1 Å². The number of rotatable bonds is 1. The highest BCUT2D eigenvalue weighted by molar-refractivity contribution is 5.88. The lowest BCUT2D eigenvalue weighted by Gasteiger charge is -2.20. The van der Waals surface area contributed by atoms with Gasteiger partial charge in [0.1, 0.15) is 5.69 Å². The van der Waals surface area contributed by atoms with E-state index in [2.05, 4.69) is 26.1 Å². The summed E-state index contributed by atoms with van der Waals surface area (Å²) in [6.45, 7) is 6.48. The zero-order valence-corrected chi connectivity index (χ0v) is 9.24. The normalized spacial score (nSPS) is 22.5. The van der Waals surface area contributed by atoms with Crippen LogP contribution in [-0.4, -0.2) is 17.1 Å². The van der Waals surface area contributed by atoms with E-state index in [9.17, 15) is 4.79 Å². The fraction of sp³-hybridized carbons (Fsp3) is 0.417. The molecule has 1 aromatic rings. The Balaban J connectivity index is 2.55. The highest BCUT2D eigenvalue weighted by Gasteiger charge is 2.41. The van der Waals surface area contributed by atoms with Crippen LogP contribution in [0.2, 0.25) is 0 Å². The Kier molecular flexibility index (Phi) is 2.08. The number of hydrogen-bond acceptors (Lipinski definition) is 1. The van der Waals surface area contributed by atoms with Gasteiger partial charge in [-0.2, -0.15) is 0 Å². The van der Waals surface area contributed by atoms with Gasteiger partial charge in [-0.1, -0.05) is 0 Å². The van der Waals surface area contributed by atoms with E-state index in [0.717, 1.165) is 5.56 Å². The number of hydrogen-bond donors (Lipinski definition) is 2. The lowest BCUT2D eigenvalue weighted by Crippen LogP contribution is -2.83. The van der Waals surface area contributed by atoms with Gasteiger partial charge < -0.3 is 10.4 Å². The first kappa shape index (κ1) is 10.2. The van der Waals surface area contributed by atoms with Crippen LogP contribution in [0.4, 0.5) is 5.69 Å². The molecule has 0 radical (unpaired) electrons. The smallest absolute Gasteiger partial charge is 0.335 e. The number of benzene rings is 1. The van der Waals surface area contributed by atoms with Crippen molar-refractivity contribution in [1.82, 2.24) is 0 Å². The van der Waals surface area contributed by atoms with Crippen molar-refractivity contribution < 1.29 is 15.2 Å². The molecule has 1 heterocycles. The van der Waals surface area contributed by atoms with Gasteiger partial charge in [0.2, 0.25) is 0 Å². The van der Waals surface area contributed by atoms with Crippen molar-refractivity contribution in [1.29, 1.82) is 0 Å². The maximum absolute atomic E-state index is 10.9. The highest BCUT2D eigenvalue weighted by atomic mass is 16.4. The second-order valence-electron chi connectivity index (χ2n) is 4.78. The van der Waals surface area contributed by atoms with Gasteiger partial charge in [-0.3, -0.25) is 0 Å². The minimum absolute atomic E-state index is 0.0425. The number of carbonyl (C=O) groups is 1. The molecule has 0 aliphatic carbocycles. The van der Waals surface area contributed by atoms with Crippen LogP contribution < -0.4 is 5.32 Å². The lowest BCUT2D eigenvalue weighted by atomic mass is 9.81. The average molecular weight is 206 g/mol. The molecule has 3 heteroatoms. The Hall–Kier alpha value is -1.35. The SMILES string of the molecule is CC1[NH2+]c2ccc(C(=O)O)cc2C1(C)C. The summed E-state index contributed by atoms with van der Waals surface area (Å²) in [5, 5.41) is 11.2. The van der Waals surface area contributed by atoms with E-state index in [0.29, 0.717) is 11.6 Å². The van der Waals surface area contributed by atoms with Gasteiger partial charge in [-0.05, 0) is 32.9 Å². The summed E-state index contributed by atoms with van der Waals surface area (Å²) in [5.41, 5.74) is 2.75. The summed E-state index contributed by atoms with van der Waals surface area (Å²) in [7, 11) is 0. The number of carboxylic acid groups (broad SMARTS) is 1. The Bertz CT molecular complexity index is 424. The molecule has 80 valence electrons. The van der Waals surface area contributed by atoms with Crippen molar-refractivity contribution in [2.45, 2.75) is 32.2 Å². The molecule has 0 saturated carbocycles. The molecular formula is C12H16NO2+. The van der Waals surface area contributed by atoms with E-state index in [4.69, 9.17) is 5.11 Å². The van der Waals surface area contributed by atoms with Crippen molar-refractivity contribution in [3.05, 3.63) is 29.3 Å². The lowest BCUT2D eigenvalue weighted by molar-refractivity contribution is -0.604. The first-order valence-corrected chi connectivity index (χ1v) is 5.15. The van der Waals surface area contributed by atoms with E-state index in [-0.39, 0.29) is 5.41 Å². The second kappa shape index (κ2) is 3.07. The Morgan fingerprint density at radius 1 is 1.47 bits per heavy atom. The van der Waals surface area contributed by atoms with Crippen LogP contribution in [0.3, 0.4) is 0 Å². The van der Waals surface area contributed by atoms with E-state index in [1.165, 1.54) is 5.69 Å². The third-order valence-corrected chi connectivity index (χ3v) is 3.56. The third-order valence-electron chi connectivity index (χ3n) is 3.56. The standard InChI is InChI=1S/C12H15NO2/c1-7-12(2,3)9-6-8(11(14)15)4-5-10(9)13-7/h4-7,13H,1-3H3,(H,14,15)/p+1. The molecular weight excluding hydrogens is 190 g/mol. The number of aromatic carboxylic acids is 1. The molecule has 0 amide bonds. The Morgan fingerprint density at radius 2 is 2.13 bits per heavy atom. The number of quaternary nitrogens is 1. The molecule has 3 N–H and O–H groups in total. The van der Waals surface area contributed by atoms with E-state index < -0.39 is 5.97 Å². The molecule has 0 spiro atoms. The van der Waals surface area contributed by atoms with Crippen molar-refractivity contribution in [3.8, 4) is 0 Å². The molecule has 0 bridgehead atoms.